The first kappa shape index (κ1) is 19.4. The minimum Gasteiger partial charge on any atom is -0.325 e. The molecule has 1 atom stereocenters. The van der Waals surface area contributed by atoms with E-state index < -0.39 is 0 Å². The van der Waals surface area contributed by atoms with Crippen LogP contribution in [0.25, 0.3) is 10.9 Å². The van der Waals surface area contributed by atoms with Crippen LogP contribution < -0.4 is 5.32 Å². The summed E-state index contributed by atoms with van der Waals surface area (Å²) in [5.41, 5.74) is 6.61. The number of fused-ring (bicyclic) bond motifs is 1. The number of nitrogens with zero attached hydrogens (tertiary/aromatic N) is 1. The van der Waals surface area contributed by atoms with E-state index in [1.54, 1.807) is 0 Å². The van der Waals surface area contributed by atoms with Gasteiger partial charge in [-0.1, -0.05) is 42.4 Å². The standard InChI is InChI=1S/C23H26N2OS/c1-6-20(23(26)24-18-9-7-8-14(2)11-18)27-21-13-16(4)19-12-15(3)10-17(5)22(19)25-21/h7-13,20H,6H2,1-5H3,(H,24,26). The van der Waals surface area contributed by atoms with Gasteiger partial charge in [-0.3, -0.25) is 4.79 Å². The van der Waals surface area contributed by atoms with Crippen LogP contribution in [0.3, 0.4) is 0 Å². The summed E-state index contributed by atoms with van der Waals surface area (Å²) in [4.78, 5) is 17.6. The number of pyridine rings is 1. The molecule has 140 valence electrons. The number of hydrogen-bond acceptors (Lipinski definition) is 3. The second kappa shape index (κ2) is 8.13. The Balaban J connectivity index is 1.84. The van der Waals surface area contributed by atoms with Gasteiger partial charge in [0.15, 0.2) is 0 Å². The third-order valence-corrected chi connectivity index (χ3v) is 5.93. The number of carbonyl (C=O) groups is 1. The fourth-order valence-electron chi connectivity index (χ4n) is 3.29. The van der Waals surface area contributed by atoms with Crippen LogP contribution in [-0.4, -0.2) is 16.1 Å². The first-order chi connectivity index (χ1) is 12.9. The number of carbonyl (C=O) groups excluding carboxylic acids is 1. The third kappa shape index (κ3) is 4.51. The first-order valence-electron chi connectivity index (χ1n) is 9.30. The molecule has 4 heteroatoms. The molecule has 0 aliphatic rings. The molecule has 1 amide bonds. The summed E-state index contributed by atoms with van der Waals surface area (Å²) in [5.74, 6) is 0.0216. The van der Waals surface area contributed by atoms with E-state index in [2.05, 4.69) is 44.3 Å². The van der Waals surface area contributed by atoms with Crippen molar-refractivity contribution >= 4 is 34.3 Å². The zero-order valence-corrected chi connectivity index (χ0v) is 17.4. The van der Waals surface area contributed by atoms with Crippen molar-refractivity contribution in [3.05, 3.63) is 64.7 Å². The molecule has 0 fully saturated rings. The molecule has 2 aromatic carbocycles. The van der Waals surface area contributed by atoms with Crippen molar-refractivity contribution in [2.24, 2.45) is 0 Å². The van der Waals surface area contributed by atoms with Crippen LogP contribution in [-0.2, 0) is 4.79 Å². The van der Waals surface area contributed by atoms with Gasteiger partial charge in [0.25, 0.3) is 0 Å². The van der Waals surface area contributed by atoms with Crippen molar-refractivity contribution in [2.45, 2.75) is 51.3 Å². The van der Waals surface area contributed by atoms with Crippen LogP contribution >= 0.6 is 11.8 Å². The van der Waals surface area contributed by atoms with E-state index in [0.717, 1.165) is 28.2 Å². The quantitative estimate of drug-likeness (QED) is 0.556. The van der Waals surface area contributed by atoms with Gasteiger partial charge in [-0.25, -0.2) is 4.98 Å². The lowest BCUT2D eigenvalue weighted by molar-refractivity contribution is -0.115. The highest BCUT2D eigenvalue weighted by Crippen LogP contribution is 2.30. The highest BCUT2D eigenvalue weighted by molar-refractivity contribution is 8.00. The Kier molecular flexibility index (Phi) is 5.85. The van der Waals surface area contributed by atoms with E-state index in [-0.39, 0.29) is 11.2 Å². The summed E-state index contributed by atoms with van der Waals surface area (Å²) in [6.45, 7) is 10.4. The normalized spacial score (nSPS) is 12.2. The van der Waals surface area contributed by atoms with Gasteiger partial charge in [0.1, 0.15) is 0 Å². The molecule has 1 heterocycles. The maximum Gasteiger partial charge on any atom is 0.237 e. The van der Waals surface area contributed by atoms with Crippen LogP contribution in [0.15, 0.2) is 47.5 Å². The highest BCUT2D eigenvalue weighted by atomic mass is 32.2. The molecule has 0 radical (unpaired) electrons. The van der Waals surface area contributed by atoms with Gasteiger partial charge in [-0.15, -0.1) is 0 Å². The number of thioether (sulfide) groups is 1. The average molecular weight is 379 g/mol. The lowest BCUT2D eigenvalue weighted by Crippen LogP contribution is -2.24. The molecule has 3 aromatic rings. The monoisotopic (exact) mass is 378 g/mol. The molecule has 1 N–H and O–H groups in total. The zero-order chi connectivity index (χ0) is 19.6. The van der Waals surface area contributed by atoms with Gasteiger partial charge in [-0.05, 0) is 75.1 Å². The van der Waals surface area contributed by atoms with Crippen LogP contribution in [0.5, 0.6) is 0 Å². The Labute approximate surface area is 165 Å². The minimum atomic E-state index is -0.180. The summed E-state index contributed by atoms with van der Waals surface area (Å²) in [5, 5.41) is 4.95. The molecule has 0 aliphatic heterocycles. The number of aromatic nitrogens is 1. The van der Waals surface area contributed by atoms with E-state index in [0.29, 0.717) is 0 Å². The van der Waals surface area contributed by atoms with Crippen molar-refractivity contribution in [1.82, 2.24) is 4.98 Å². The van der Waals surface area contributed by atoms with Crippen LogP contribution in [0, 0.1) is 27.7 Å². The molecule has 1 unspecified atom stereocenters. The number of anilines is 1. The van der Waals surface area contributed by atoms with Gasteiger partial charge < -0.3 is 5.32 Å². The topological polar surface area (TPSA) is 42.0 Å². The second-order valence-corrected chi connectivity index (χ2v) is 8.35. The summed E-state index contributed by atoms with van der Waals surface area (Å²) >= 11 is 1.54. The summed E-state index contributed by atoms with van der Waals surface area (Å²) in [6, 6.07) is 14.3. The van der Waals surface area contributed by atoms with Crippen molar-refractivity contribution < 1.29 is 4.79 Å². The number of hydrogen-bond donors (Lipinski definition) is 1. The third-order valence-electron chi connectivity index (χ3n) is 4.64. The summed E-state index contributed by atoms with van der Waals surface area (Å²) in [6.07, 6.45) is 0.744. The smallest absolute Gasteiger partial charge is 0.237 e. The Morgan fingerprint density at radius 2 is 1.81 bits per heavy atom. The van der Waals surface area contributed by atoms with Crippen molar-refractivity contribution in [2.75, 3.05) is 5.32 Å². The maximum absolute atomic E-state index is 12.8. The molecule has 0 bridgehead atoms. The highest BCUT2D eigenvalue weighted by Gasteiger charge is 2.19. The van der Waals surface area contributed by atoms with Crippen LogP contribution in [0.4, 0.5) is 5.69 Å². The molecule has 0 saturated carbocycles. The zero-order valence-electron chi connectivity index (χ0n) is 16.6. The van der Waals surface area contributed by atoms with Gasteiger partial charge in [0.2, 0.25) is 5.91 Å². The SMILES string of the molecule is CCC(Sc1cc(C)c2cc(C)cc(C)c2n1)C(=O)Nc1cccc(C)c1. The Morgan fingerprint density at radius 3 is 2.52 bits per heavy atom. The number of benzene rings is 2. The average Bonchev–Trinajstić information content (AvgIpc) is 2.60. The lowest BCUT2D eigenvalue weighted by atomic mass is 10.0. The van der Waals surface area contributed by atoms with Gasteiger partial charge in [-0.2, -0.15) is 0 Å². The van der Waals surface area contributed by atoms with Crippen LogP contribution in [0.2, 0.25) is 0 Å². The fraction of sp³-hybridized carbons (Fsp3) is 0.304. The maximum atomic E-state index is 12.8. The molecule has 0 spiro atoms. The van der Waals surface area contributed by atoms with Crippen molar-refractivity contribution in [3.8, 4) is 0 Å². The van der Waals surface area contributed by atoms with Crippen molar-refractivity contribution in [3.63, 3.8) is 0 Å². The van der Waals surface area contributed by atoms with E-state index in [1.165, 1.54) is 33.8 Å². The predicted octanol–water partition coefficient (Wildman–Crippen LogP) is 5.98. The van der Waals surface area contributed by atoms with Gasteiger partial charge >= 0.3 is 0 Å². The Morgan fingerprint density at radius 1 is 1.04 bits per heavy atom. The predicted molar refractivity (Wildman–Crippen MR) is 116 cm³/mol. The summed E-state index contributed by atoms with van der Waals surface area (Å²) < 4.78 is 0. The molecule has 1 aromatic heterocycles. The Hall–Kier alpha value is -2.33. The molecular weight excluding hydrogens is 352 g/mol. The van der Waals surface area contributed by atoms with Gasteiger partial charge in [0, 0.05) is 11.1 Å². The largest absolute Gasteiger partial charge is 0.325 e. The van der Waals surface area contributed by atoms with E-state index in [4.69, 9.17) is 4.98 Å². The van der Waals surface area contributed by atoms with Gasteiger partial charge in [0.05, 0.1) is 15.8 Å². The van der Waals surface area contributed by atoms with Crippen LogP contribution in [0.1, 0.15) is 35.6 Å². The molecule has 0 saturated heterocycles. The lowest BCUT2D eigenvalue weighted by Gasteiger charge is -2.16. The molecular formula is C23H26N2OS. The van der Waals surface area contributed by atoms with Crippen molar-refractivity contribution in [1.29, 1.82) is 0 Å². The molecule has 0 aliphatic carbocycles. The summed E-state index contributed by atoms with van der Waals surface area (Å²) in [7, 11) is 0. The van der Waals surface area contributed by atoms with E-state index in [1.807, 2.05) is 38.1 Å². The van der Waals surface area contributed by atoms with E-state index in [9.17, 15) is 4.79 Å². The second-order valence-electron chi connectivity index (χ2n) is 7.13. The number of amides is 1. The molecule has 27 heavy (non-hydrogen) atoms. The molecule has 3 nitrogen and oxygen atoms in total. The number of rotatable bonds is 5. The molecule has 3 rings (SSSR count). The van der Waals surface area contributed by atoms with E-state index >= 15 is 0 Å². The minimum absolute atomic E-state index is 0.0216. The number of nitrogens with one attached hydrogen (secondary N) is 1. The number of aryl methyl sites for hydroxylation is 4. The Bertz CT molecular complexity index is 997. The first-order valence-corrected chi connectivity index (χ1v) is 10.2. The fourth-order valence-corrected chi connectivity index (χ4v) is 4.30.